The highest BCUT2D eigenvalue weighted by atomic mass is 35.5. The van der Waals surface area contributed by atoms with Crippen LogP contribution in [0.25, 0.3) is 0 Å². The molecule has 18 heavy (non-hydrogen) atoms. The van der Waals surface area contributed by atoms with Crippen molar-refractivity contribution in [3.8, 4) is 0 Å². The van der Waals surface area contributed by atoms with Crippen molar-refractivity contribution >= 4 is 17.8 Å². The fourth-order valence-electron chi connectivity index (χ4n) is 1.61. The topological polar surface area (TPSA) is 36.9 Å². The summed E-state index contributed by atoms with van der Waals surface area (Å²) in [6.07, 6.45) is 3.69. The molecule has 1 aromatic rings. The Kier molecular flexibility index (Phi) is 4.75. The Labute approximate surface area is 112 Å². The molecular weight excluding hydrogens is 250 g/mol. The second-order valence-corrected chi connectivity index (χ2v) is 4.66. The van der Waals surface area contributed by atoms with E-state index in [1.165, 1.54) is 0 Å². The quantitative estimate of drug-likeness (QED) is 0.670. The van der Waals surface area contributed by atoms with Crippen molar-refractivity contribution in [2.45, 2.75) is 6.61 Å². The van der Waals surface area contributed by atoms with Gasteiger partial charge in [-0.3, -0.25) is 20.2 Å². The summed E-state index contributed by atoms with van der Waals surface area (Å²) in [4.78, 5) is 11.7. The lowest BCUT2D eigenvalue weighted by Crippen LogP contribution is -2.26. The molecule has 2 rings (SSSR count). The predicted octanol–water partition coefficient (Wildman–Crippen LogP) is 2.22. The molecule has 5 heteroatoms. The van der Waals surface area contributed by atoms with Crippen LogP contribution in [0.1, 0.15) is 5.56 Å². The Bertz CT molecular complexity index is 442. The van der Waals surface area contributed by atoms with Crippen molar-refractivity contribution in [3.05, 3.63) is 46.6 Å². The van der Waals surface area contributed by atoms with E-state index in [2.05, 4.69) is 15.4 Å². The summed E-state index contributed by atoms with van der Waals surface area (Å²) in [7, 11) is 2.03. The van der Waals surface area contributed by atoms with Crippen LogP contribution in [0.5, 0.6) is 0 Å². The highest BCUT2D eigenvalue weighted by molar-refractivity contribution is 6.30. The van der Waals surface area contributed by atoms with Crippen LogP contribution in [0.4, 0.5) is 0 Å². The van der Waals surface area contributed by atoms with Crippen molar-refractivity contribution in [2.24, 2.45) is 4.99 Å². The number of rotatable bonds is 4. The molecule has 1 aliphatic heterocycles. The van der Waals surface area contributed by atoms with Crippen molar-refractivity contribution in [1.29, 1.82) is 0 Å². The molecule has 1 aliphatic rings. The molecule has 1 N–H and O–H groups in total. The average Bonchev–Trinajstić information content (AvgIpc) is 2.37. The number of hydroxylamine groups is 1. The summed E-state index contributed by atoms with van der Waals surface area (Å²) < 4.78 is 0. The predicted molar refractivity (Wildman–Crippen MR) is 73.4 cm³/mol. The van der Waals surface area contributed by atoms with Gasteiger partial charge in [-0.05, 0) is 24.7 Å². The van der Waals surface area contributed by atoms with Crippen molar-refractivity contribution in [3.63, 3.8) is 0 Å². The summed E-state index contributed by atoms with van der Waals surface area (Å²) in [6, 6.07) is 7.57. The lowest BCUT2D eigenvalue weighted by atomic mass is 10.2. The molecule has 1 heterocycles. The van der Waals surface area contributed by atoms with Crippen LogP contribution >= 0.6 is 11.6 Å². The first kappa shape index (κ1) is 13.1. The fourth-order valence-corrected chi connectivity index (χ4v) is 1.73. The van der Waals surface area contributed by atoms with Crippen LogP contribution in [0.15, 0.2) is 41.0 Å². The molecule has 0 saturated carbocycles. The number of likely N-dealkylation sites (N-methyl/N-ethyl adjacent to an activating group) is 1. The summed E-state index contributed by atoms with van der Waals surface area (Å²) >= 11 is 5.80. The van der Waals surface area contributed by atoms with Crippen LogP contribution < -0.4 is 5.48 Å². The van der Waals surface area contributed by atoms with Crippen molar-refractivity contribution in [2.75, 3.05) is 20.3 Å². The van der Waals surface area contributed by atoms with E-state index in [0.29, 0.717) is 6.61 Å². The first-order chi connectivity index (χ1) is 8.74. The van der Waals surface area contributed by atoms with E-state index in [1.54, 1.807) is 0 Å². The largest absolute Gasteiger partial charge is 0.283 e. The molecule has 4 nitrogen and oxygen atoms in total. The summed E-state index contributed by atoms with van der Waals surface area (Å²) in [5.41, 5.74) is 4.99. The van der Waals surface area contributed by atoms with Gasteiger partial charge in [-0.1, -0.05) is 23.7 Å². The zero-order chi connectivity index (χ0) is 12.8. The third kappa shape index (κ3) is 4.14. The number of nitrogens with one attached hydrogen (secondary N) is 1. The fraction of sp³-hybridized carbons (Fsp3) is 0.308. The van der Waals surface area contributed by atoms with E-state index in [1.807, 2.05) is 43.7 Å². The molecule has 0 atom stereocenters. The van der Waals surface area contributed by atoms with Gasteiger partial charge in [0.25, 0.3) is 0 Å². The molecule has 0 aromatic heterocycles. The standard InChI is InChI=1S/C13H16ClN3O/c1-17-8-12(6-15-10-17)7-16-18-9-11-2-4-13(14)5-3-11/h2-7,16H,8-10H2,1H3/b12-7+. The Morgan fingerprint density at radius 1 is 1.44 bits per heavy atom. The summed E-state index contributed by atoms with van der Waals surface area (Å²) in [5.74, 6) is 0. The molecule has 0 aliphatic carbocycles. The number of benzene rings is 1. The molecule has 0 bridgehead atoms. The minimum absolute atomic E-state index is 0.494. The minimum atomic E-state index is 0.494. The molecule has 0 spiro atoms. The maximum Gasteiger partial charge on any atom is 0.0996 e. The Morgan fingerprint density at radius 3 is 2.94 bits per heavy atom. The van der Waals surface area contributed by atoms with Gasteiger partial charge < -0.3 is 0 Å². The number of aliphatic imine (C=N–C) groups is 1. The van der Waals surface area contributed by atoms with Gasteiger partial charge in [-0.15, -0.1) is 0 Å². The first-order valence-electron chi connectivity index (χ1n) is 5.73. The lowest BCUT2D eigenvalue weighted by Gasteiger charge is -2.18. The van der Waals surface area contributed by atoms with E-state index in [0.717, 1.165) is 29.4 Å². The van der Waals surface area contributed by atoms with Gasteiger partial charge in [0.15, 0.2) is 0 Å². The van der Waals surface area contributed by atoms with Gasteiger partial charge in [0.1, 0.15) is 0 Å². The highest BCUT2D eigenvalue weighted by Gasteiger charge is 2.04. The molecule has 0 fully saturated rings. The van der Waals surface area contributed by atoms with Crippen LogP contribution in [0, 0.1) is 0 Å². The number of hydrogen-bond donors (Lipinski definition) is 1. The maximum absolute atomic E-state index is 5.80. The van der Waals surface area contributed by atoms with E-state index in [9.17, 15) is 0 Å². The zero-order valence-corrected chi connectivity index (χ0v) is 11.0. The van der Waals surface area contributed by atoms with Crippen LogP contribution in [-0.2, 0) is 11.4 Å². The van der Waals surface area contributed by atoms with Crippen LogP contribution in [-0.4, -0.2) is 31.4 Å². The monoisotopic (exact) mass is 265 g/mol. The normalized spacial score (nSPS) is 18.2. The number of hydrogen-bond acceptors (Lipinski definition) is 4. The third-order valence-corrected chi connectivity index (χ3v) is 2.76. The van der Waals surface area contributed by atoms with Gasteiger partial charge in [0, 0.05) is 29.6 Å². The van der Waals surface area contributed by atoms with Crippen LogP contribution in [0.3, 0.4) is 0 Å². The summed E-state index contributed by atoms with van der Waals surface area (Å²) in [6.45, 7) is 2.12. The second-order valence-electron chi connectivity index (χ2n) is 4.22. The van der Waals surface area contributed by atoms with E-state index < -0.39 is 0 Å². The molecule has 0 radical (unpaired) electrons. The molecule has 0 unspecified atom stereocenters. The third-order valence-electron chi connectivity index (χ3n) is 2.51. The highest BCUT2D eigenvalue weighted by Crippen LogP contribution is 2.09. The molecule has 96 valence electrons. The number of nitrogens with zero attached hydrogens (tertiary/aromatic N) is 2. The lowest BCUT2D eigenvalue weighted by molar-refractivity contribution is 0.0570. The van der Waals surface area contributed by atoms with E-state index >= 15 is 0 Å². The number of halogens is 1. The van der Waals surface area contributed by atoms with Gasteiger partial charge in [0.05, 0.1) is 13.3 Å². The SMILES string of the molecule is CN1CN=C/C(=C\NOCc2ccc(Cl)cc2)C1. The first-order valence-corrected chi connectivity index (χ1v) is 6.11. The van der Waals surface area contributed by atoms with Gasteiger partial charge in [0.2, 0.25) is 0 Å². The Hall–Kier alpha value is -1.36. The molecule has 1 aromatic carbocycles. The van der Waals surface area contributed by atoms with Crippen molar-refractivity contribution in [1.82, 2.24) is 10.4 Å². The minimum Gasteiger partial charge on any atom is -0.283 e. The Morgan fingerprint density at radius 2 is 2.22 bits per heavy atom. The van der Waals surface area contributed by atoms with Crippen LogP contribution in [0.2, 0.25) is 5.02 Å². The zero-order valence-electron chi connectivity index (χ0n) is 10.3. The average molecular weight is 266 g/mol. The maximum atomic E-state index is 5.80. The second kappa shape index (κ2) is 6.54. The van der Waals surface area contributed by atoms with Gasteiger partial charge in [-0.2, -0.15) is 0 Å². The van der Waals surface area contributed by atoms with Crippen molar-refractivity contribution < 1.29 is 4.84 Å². The van der Waals surface area contributed by atoms with E-state index in [-0.39, 0.29) is 0 Å². The van der Waals surface area contributed by atoms with Gasteiger partial charge >= 0.3 is 0 Å². The summed E-state index contributed by atoms with van der Waals surface area (Å²) in [5, 5.41) is 0.732. The van der Waals surface area contributed by atoms with E-state index in [4.69, 9.17) is 16.4 Å². The van der Waals surface area contributed by atoms with Gasteiger partial charge in [-0.25, -0.2) is 0 Å². The molecule has 0 saturated heterocycles. The molecule has 0 amide bonds. The molecular formula is C13H16ClN3O. The smallest absolute Gasteiger partial charge is 0.0996 e. The Balaban J connectivity index is 1.75.